The van der Waals surface area contributed by atoms with Crippen LogP contribution >= 0.6 is 0 Å². The van der Waals surface area contributed by atoms with Crippen molar-refractivity contribution in [2.24, 2.45) is 5.92 Å². The highest BCUT2D eigenvalue weighted by atomic mass is 16.5. The lowest BCUT2D eigenvalue weighted by Crippen LogP contribution is -2.65. The number of rotatable bonds is 2. The molecule has 2 rings (SSSR count). The van der Waals surface area contributed by atoms with E-state index < -0.39 is 6.04 Å². The van der Waals surface area contributed by atoms with Gasteiger partial charge in [-0.15, -0.1) is 0 Å². The Labute approximate surface area is 101 Å². The van der Waals surface area contributed by atoms with Crippen LogP contribution in [-0.4, -0.2) is 48.1 Å². The zero-order chi connectivity index (χ0) is 12.6. The van der Waals surface area contributed by atoms with Crippen molar-refractivity contribution in [1.29, 1.82) is 0 Å². The Morgan fingerprint density at radius 3 is 2.71 bits per heavy atom. The maximum absolute atomic E-state index is 12.4. The summed E-state index contributed by atoms with van der Waals surface area (Å²) in [4.78, 5) is 25.7. The summed E-state index contributed by atoms with van der Waals surface area (Å²) in [6.45, 7) is 7.22. The molecule has 1 N–H and O–H groups in total. The van der Waals surface area contributed by atoms with Gasteiger partial charge in [-0.05, 0) is 19.3 Å². The number of nitrogens with zero attached hydrogens (tertiary/aromatic N) is 1. The third-order valence-electron chi connectivity index (χ3n) is 3.67. The van der Waals surface area contributed by atoms with E-state index in [-0.39, 0.29) is 29.8 Å². The Morgan fingerprint density at radius 2 is 2.18 bits per heavy atom. The molecule has 2 unspecified atom stereocenters. The topological polar surface area (TPSA) is 58.6 Å². The van der Waals surface area contributed by atoms with Gasteiger partial charge in [0.25, 0.3) is 0 Å². The van der Waals surface area contributed by atoms with Crippen molar-refractivity contribution in [1.82, 2.24) is 10.2 Å². The van der Waals surface area contributed by atoms with Gasteiger partial charge < -0.3 is 15.0 Å². The van der Waals surface area contributed by atoms with E-state index in [4.69, 9.17) is 4.74 Å². The molecule has 2 amide bonds. The molecule has 2 fully saturated rings. The molecule has 0 saturated carbocycles. The number of piperazine rings is 1. The summed E-state index contributed by atoms with van der Waals surface area (Å²) in [6, 6.07) is -0.395. The zero-order valence-corrected chi connectivity index (χ0v) is 10.7. The van der Waals surface area contributed by atoms with Gasteiger partial charge in [0.2, 0.25) is 11.8 Å². The molecule has 2 aliphatic heterocycles. The van der Waals surface area contributed by atoms with Crippen molar-refractivity contribution in [3.8, 4) is 0 Å². The first kappa shape index (κ1) is 12.4. The van der Waals surface area contributed by atoms with Crippen LogP contribution < -0.4 is 5.32 Å². The maximum atomic E-state index is 12.4. The monoisotopic (exact) mass is 240 g/mol. The average molecular weight is 240 g/mol. The Kier molecular flexibility index (Phi) is 3.12. The number of hydrogen-bond acceptors (Lipinski definition) is 3. The van der Waals surface area contributed by atoms with Crippen LogP contribution in [0.1, 0.15) is 27.2 Å². The van der Waals surface area contributed by atoms with Crippen molar-refractivity contribution in [2.45, 2.75) is 38.8 Å². The molecule has 0 radical (unpaired) electrons. The zero-order valence-electron chi connectivity index (χ0n) is 10.7. The molecule has 5 nitrogen and oxygen atoms in total. The highest BCUT2D eigenvalue weighted by molar-refractivity contribution is 5.95. The molecule has 2 atom stereocenters. The van der Waals surface area contributed by atoms with E-state index in [0.717, 1.165) is 6.42 Å². The smallest absolute Gasteiger partial charge is 0.246 e. The Bertz CT molecular complexity index is 335. The van der Waals surface area contributed by atoms with Crippen LogP contribution in [0.4, 0.5) is 0 Å². The summed E-state index contributed by atoms with van der Waals surface area (Å²) < 4.78 is 5.37. The number of carbonyl (C=O) groups is 2. The highest BCUT2D eigenvalue weighted by Gasteiger charge is 2.45. The molecule has 0 aliphatic carbocycles. The van der Waals surface area contributed by atoms with Gasteiger partial charge in [0, 0.05) is 6.61 Å². The third-order valence-corrected chi connectivity index (χ3v) is 3.67. The number of amides is 2. The van der Waals surface area contributed by atoms with Gasteiger partial charge in [-0.2, -0.15) is 0 Å². The third kappa shape index (κ3) is 2.16. The fraction of sp³-hybridized carbons (Fsp3) is 0.833. The van der Waals surface area contributed by atoms with Crippen molar-refractivity contribution in [3.05, 3.63) is 0 Å². The van der Waals surface area contributed by atoms with Gasteiger partial charge in [0.1, 0.15) is 12.6 Å². The fourth-order valence-corrected chi connectivity index (χ4v) is 2.45. The highest BCUT2D eigenvalue weighted by Crippen LogP contribution is 2.28. The lowest BCUT2D eigenvalue weighted by Gasteiger charge is -2.43. The van der Waals surface area contributed by atoms with Crippen LogP contribution in [0.2, 0.25) is 0 Å². The van der Waals surface area contributed by atoms with Gasteiger partial charge in [0.05, 0.1) is 12.1 Å². The predicted octanol–water partition coefficient (Wildman–Crippen LogP) is 0.148. The number of nitrogens with one attached hydrogen (secondary N) is 1. The lowest BCUT2D eigenvalue weighted by atomic mass is 9.93. The van der Waals surface area contributed by atoms with E-state index in [1.165, 1.54) is 0 Å². The molecule has 2 aliphatic rings. The number of carbonyl (C=O) groups excluding carboxylic acids is 2. The van der Waals surface area contributed by atoms with Crippen LogP contribution in [0.15, 0.2) is 0 Å². The van der Waals surface area contributed by atoms with E-state index in [9.17, 15) is 9.59 Å². The summed E-state index contributed by atoms with van der Waals surface area (Å²) in [5.41, 5.74) is -0.317. The quantitative estimate of drug-likeness (QED) is 0.747. The minimum atomic E-state index is -0.395. The molecule has 2 heterocycles. The van der Waals surface area contributed by atoms with E-state index in [1.807, 2.05) is 20.8 Å². The van der Waals surface area contributed by atoms with Crippen molar-refractivity contribution in [2.75, 3.05) is 19.8 Å². The SMILES string of the molecule is CC(C)C1NC(=O)CN(C2(C)CCOC2)C1=O. The van der Waals surface area contributed by atoms with Crippen molar-refractivity contribution < 1.29 is 14.3 Å². The molecular formula is C12H20N2O3. The average Bonchev–Trinajstić information content (AvgIpc) is 2.69. The van der Waals surface area contributed by atoms with Gasteiger partial charge in [-0.3, -0.25) is 9.59 Å². The van der Waals surface area contributed by atoms with E-state index in [2.05, 4.69) is 5.32 Å². The first-order valence-electron chi connectivity index (χ1n) is 6.13. The minimum Gasteiger partial charge on any atom is -0.379 e. The predicted molar refractivity (Wildman–Crippen MR) is 62.3 cm³/mol. The Morgan fingerprint density at radius 1 is 1.47 bits per heavy atom. The second-order valence-corrected chi connectivity index (χ2v) is 5.51. The molecule has 0 spiro atoms. The van der Waals surface area contributed by atoms with E-state index >= 15 is 0 Å². The molecule has 2 saturated heterocycles. The van der Waals surface area contributed by atoms with Crippen LogP contribution in [-0.2, 0) is 14.3 Å². The largest absolute Gasteiger partial charge is 0.379 e. The summed E-state index contributed by atoms with van der Waals surface area (Å²) in [7, 11) is 0. The van der Waals surface area contributed by atoms with Crippen molar-refractivity contribution >= 4 is 11.8 Å². The molecule has 17 heavy (non-hydrogen) atoms. The molecule has 96 valence electrons. The van der Waals surface area contributed by atoms with Gasteiger partial charge in [-0.1, -0.05) is 13.8 Å². The first-order chi connectivity index (χ1) is 7.94. The van der Waals surface area contributed by atoms with Crippen LogP contribution in [0.5, 0.6) is 0 Å². The lowest BCUT2D eigenvalue weighted by molar-refractivity contribution is -0.151. The maximum Gasteiger partial charge on any atom is 0.246 e. The first-order valence-corrected chi connectivity index (χ1v) is 6.13. The second kappa shape index (κ2) is 4.29. The van der Waals surface area contributed by atoms with Gasteiger partial charge in [0.15, 0.2) is 0 Å². The fourth-order valence-electron chi connectivity index (χ4n) is 2.45. The molecule has 0 aromatic carbocycles. The number of hydrogen-bond donors (Lipinski definition) is 1. The van der Waals surface area contributed by atoms with E-state index in [1.54, 1.807) is 4.90 Å². The molecule has 0 aromatic heterocycles. The van der Waals surface area contributed by atoms with Crippen LogP contribution in [0, 0.1) is 5.92 Å². The standard InChI is InChI=1S/C12H20N2O3/c1-8(2)10-11(16)14(6-9(15)13-10)12(3)4-5-17-7-12/h8,10H,4-7H2,1-3H3,(H,13,15). The minimum absolute atomic E-state index is 0.0209. The summed E-state index contributed by atoms with van der Waals surface area (Å²) in [6.07, 6.45) is 0.802. The Hall–Kier alpha value is -1.10. The van der Waals surface area contributed by atoms with Gasteiger partial charge >= 0.3 is 0 Å². The molecule has 0 aromatic rings. The molecule has 5 heteroatoms. The molecular weight excluding hydrogens is 220 g/mol. The summed E-state index contributed by atoms with van der Waals surface area (Å²) in [5, 5.41) is 2.77. The van der Waals surface area contributed by atoms with Crippen LogP contribution in [0.25, 0.3) is 0 Å². The van der Waals surface area contributed by atoms with E-state index in [0.29, 0.717) is 13.2 Å². The second-order valence-electron chi connectivity index (χ2n) is 5.51. The number of ether oxygens (including phenoxy) is 1. The summed E-state index contributed by atoms with van der Waals surface area (Å²) >= 11 is 0. The van der Waals surface area contributed by atoms with Gasteiger partial charge in [-0.25, -0.2) is 0 Å². The van der Waals surface area contributed by atoms with Crippen LogP contribution in [0.3, 0.4) is 0 Å². The molecule has 0 bridgehead atoms. The summed E-state index contributed by atoms with van der Waals surface area (Å²) in [5.74, 6) is 0.0594. The Balaban J connectivity index is 2.21. The normalized spacial score (nSPS) is 34.4. The van der Waals surface area contributed by atoms with Crippen molar-refractivity contribution in [3.63, 3.8) is 0 Å².